The van der Waals surface area contributed by atoms with E-state index in [1.54, 1.807) is 12.7 Å². The lowest BCUT2D eigenvalue weighted by atomic mass is 10.3. The maximum absolute atomic E-state index is 4.40. The molecule has 1 fully saturated rings. The third-order valence-corrected chi connectivity index (χ3v) is 2.93. The van der Waals surface area contributed by atoms with Crippen LogP contribution in [0.4, 0.5) is 5.82 Å². The Morgan fingerprint density at radius 1 is 1.38 bits per heavy atom. The Morgan fingerprint density at radius 2 is 2.25 bits per heavy atom. The first-order chi connectivity index (χ1) is 7.90. The number of hydrogen-bond acceptors (Lipinski definition) is 4. The maximum atomic E-state index is 4.40. The molecule has 16 heavy (non-hydrogen) atoms. The first-order valence-electron chi connectivity index (χ1n) is 5.81. The lowest BCUT2D eigenvalue weighted by Gasteiger charge is -2.22. The number of aromatic nitrogens is 4. The molecule has 0 saturated heterocycles. The summed E-state index contributed by atoms with van der Waals surface area (Å²) in [5.41, 5.74) is 1.72. The minimum atomic E-state index is 0.668. The van der Waals surface area contributed by atoms with Crippen molar-refractivity contribution in [3.8, 4) is 0 Å². The number of anilines is 1. The highest BCUT2D eigenvalue weighted by atomic mass is 15.2. The highest BCUT2D eigenvalue weighted by molar-refractivity contribution is 5.82. The maximum Gasteiger partial charge on any atom is 0.182 e. The van der Waals surface area contributed by atoms with Gasteiger partial charge in [0.25, 0.3) is 0 Å². The summed E-state index contributed by atoms with van der Waals surface area (Å²) < 4.78 is 0. The summed E-state index contributed by atoms with van der Waals surface area (Å²) in [6, 6.07) is 0.668. The van der Waals surface area contributed by atoms with Crippen molar-refractivity contribution in [1.82, 2.24) is 19.9 Å². The monoisotopic (exact) mass is 217 g/mol. The van der Waals surface area contributed by atoms with Crippen LogP contribution in [0.5, 0.6) is 0 Å². The predicted octanol–water partition coefficient (Wildman–Crippen LogP) is 1.73. The molecule has 0 unspecified atom stereocenters. The molecule has 5 nitrogen and oxygen atoms in total. The number of fused-ring (bicyclic) bond motifs is 1. The molecule has 0 radical (unpaired) electrons. The van der Waals surface area contributed by atoms with Crippen LogP contribution in [0, 0.1) is 0 Å². The average Bonchev–Trinajstić information content (AvgIpc) is 3.02. The molecular formula is C11H15N5. The van der Waals surface area contributed by atoms with Gasteiger partial charge in [-0.25, -0.2) is 15.0 Å². The number of imidazole rings is 1. The van der Waals surface area contributed by atoms with Crippen LogP contribution in [0.2, 0.25) is 0 Å². The Bertz CT molecular complexity index is 488. The Hall–Kier alpha value is -1.65. The molecule has 0 aromatic carbocycles. The molecule has 3 rings (SSSR count). The van der Waals surface area contributed by atoms with Gasteiger partial charge in [0.15, 0.2) is 11.5 Å². The quantitative estimate of drug-likeness (QED) is 0.847. The van der Waals surface area contributed by atoms with E-state index < -0.39 is 0 Å². The third-order valence-electron chi connectivity index (χ3n) is 2.93. The molecule has 1 saturated carbocycles. The van der Waals surface area contributed by atoms with Crippen molar-refractivity contribution < 1.29 is 0 Å². The summed E-state index contributed by atoms with van der Waals surface area (Å²) in [5.74, 6) is 1.01. The van der Waals surface area contributed by atoms with E-state index in [1.807, 2.05) is 0 Å². The van der Waals surface area contributed by atoms with Crippen LogP contribution in [-0.4, -0.2) is 32.5 Å². The van der Waals surface area contributed by atoms with Crippen LogP contribution < -0.4 is 4.90 Å². The van der Waals surface area contributed by atoms with Crippen molar-refractivity contribution in [2.75, 3.05) is 11.4 Å². The highest BCUT2D eigenvalue weighted by Gasteiger charge is 2.30. The van der Waals surface area contributed by atoms with E-state index in [9.17, 15) is 0 Å². The minimum Gasteiger partial charge on any atom is -0.352 e. The van der Waals surface area contributed by atoms with Crippen molar-refractivity contribution in [2.24, 2.45) is 0 Å². The molecule has 0 atom stereocenters. The van der Waals surface area contributed by atoms with Gasteiger partial charge in [0.05, 0.1) is 6.33 Å². The summed E-state index contributed by atoms with van der Waals surface area (Å²) in [4.78, 5) is 18.2. The summed E-state index contributed by atoms with van der Waals surface area (Å²) in [5, 5.41) is 0. The molecule has 1 aliphatic rings. The summed E-state index contributed by atoms with van der Waals surface area (Å²) in [6.45, 7) is 3.25. The molecule has 84 valence electrons. The van der Waals surface area contributed by atoms with Gasteiger partial charge in [0.2, 0.25) is 0 Å². The van der Waals surface area contributed by atoms with Gasteiger partial charge in [0.1, 0.15) is 11.8 Å². The zero-order valence-corrected chi connectivity index (χ0v) is 9.35. The van der Waals surface area contributed by atoms with Crippen LogP contribution in [0.1, 0.15) is 26.2 Å². The van der Waals surface area contributed by atoms with Crippen LogP contribution in [0.3, 0.4) is 0 Å². The van der Waals surface area contributed by atoms with Gasteiger partial charge in [-0.3, -0.25) is 0 Å². The van der Waals surface area contributed by atoms with E-state index in [-0.39, 0.29) is 0 Å². The van der Waals surface area contributed by atoms with Gasteiger partial charge >= 0.3 is 0 Å². The van der Waals surface area contributed by atoms with E-state index in [2.05, 4.69) is 31.8 Å². The second-order valence-corrected chi connectivity index (χ2v) is 4.22. The lowest BCUT2D eigenvalue weighted by molar-refractivity contribution is 0.752. The normalized spacial score (nSPS) is 15.6. The molecule has 0 aliphatic heterocycles. The van der Waals surface area contributed by atoms with Crippen molar-refractivity contribution in [1.29, 1.82) is 0 Å². The van der Waals surface area contributed by atoms with E-state index >= 15 is 0 Å². The van der Waals surface area contributed by atoms with E-state index in [4.69, 9.17) is 0 Å². The average molecular weight is 217 g/mol. The Morgan fingerprint density at radius 3 is 3.00 bits per heavy atom. The SMILES string of the molecule is CCCN(c1ncnc2nc[nH]c12)C1CC1. The van der Waals surface area contributed by atoms with E-state index in [1.165, 1.54) is 12.8 Å². The fourth-order valence-electron chi connectivity index (χ4n) is 2.06. The second kappa shape index (κ2) is 3.73. The summed E-state index contributed by atoms with van der Waals surface area (Å²) in [7, 11) is 0. The lowest BCUT2D eigenvalue weighted by Crippen LogP contribution is -2.27. The standard InChI is InChI=1S/C11H15N5/c1-2-5-16(8-3-4-8)11-9-10(13-6-12-9)14-7-15-11/h6-8H,2-5H2,1H3,(H,12,13,14,15). The van der Waals surface area contributed by atoms with Gasteiger partial charge in [-0.2, -0.15) is 0 Å². The van der Waals surface area contributed by atoms with Crippen molar-refractivity contribution in [3.63, 3.8) is 0 Å². The highest BCUT2D eigenvalue weighted by Crippen LogP contribution is 2.32. The number of hydrogen-bond donors (Lipinski definition) is 1. The molecular weight excluding hydrogens is 202 g/mol. The number of aromatic amines is 1. The predicted molar refractivity (Wildman–Crippen MR) is 62.3 cm³/mol. The van der Waals surface area contributed by atoms with Crippen molar-refractivity contribution >= 4 is 17.0 Å². The van der Waals surface area contributed by atoms with Gasteiger partial charge in [-0.15, -0.1) is 0 Å². The second-order valence-electron chi connectivity index (χ2n) is 4.22. The topological polar surface area (TPSA) is 57.7 Å². The Kier molecular flexibility index (Phi) is 2.23. The number of nitrogens with one attached hydrogen (secondary N) is 1. The third kappa shape index (κ3) is 1.52. The van der Waals surface area contributed by atoms with Gasteiger partial charge in [-0.1, -0.05) is 6.92 Å². The zero-order valence-electron chi connectivity index (χ0n) is 9.35. The molecule has 2 aromatic heterocycles. The zero-order chi connectivity index (χ0) is 11.0. The molecule has 2 heterocycles. The van der Waals surface area contributed by atoms with Crippen molar-refractivity contribution in [2.45, 2.75) is 32.2 Å². The molecule has 1 N–H and O–H groups in total. The number of nitrogens with zero attached hydrogens (tertiary/aromatic N) is 4. The number of rotatable bonds is 4. The molecule has 0 bridgehead atoms. The van der Waals surface area contributed by atoms with Crippen LogP contribution in [0.15, 0.2) is 12.7 Å². The fraction of sp³-hybridized carbons (Fsp3) is 0.545. The van der Waals surface area contributed by atoms with Gasteiger partial charge in [0, 0.05) is 12.6 Å². The molecule has 2 aromatic rings. The van der Waals surface area contributed by atoms with Gasteiger partial charge in [-0.05, 0) is 19.3 Å². The van der Waals surface area contributed by atoms with Crippen molar-refractivity contribution in [3.05, 3.63) is 12.7 Å². The largest absolute Gasteiger partial charge is 0.352 e. The fourth-order valence-corrected chi connectivity index (χ4v) is 2.06. The smallest absolute Gasteiger partial charge is 0.182 e. The minimum absolute atomic E-state index is 0.668. The first kappa shape index (κ1) is 9.57. The summed E-state index contributed by atoms with van der Waals surface area (Å²) in [6.07, 6.45) is 6.97. The number of H-pyrrole nitrogens is 1. The molecule has 0 spiro atoms. The van der Waals surface area contributed by atoms with Crippen LogP contribution >= 0.6 is 0 Å². The van der Waals surface area contributed by atoms with Crippen LogP contribution in [-0.2, 0) is 0 Å². The van der Waals surface area contributed by atoms with E-state index in [0.717, 1.165) is 29.9 Å². The summed E-state index contributed by atoms with van der Waals surface area (Å²) >= 11 is 0. The molecule has 1 aliphatic carbocycles. The van der Waals surface area contributed by atoms with E-state index in [0.29, 0.717) is 6.04 Å². The Labute approximate surface area is 93.9 Å². The molecule has 5 heteroatoms. The van der Waals surface area contributed by atoms with Gasteiger partial charge < -0.3 is 9.88 Å². The van der Waals surface area contributed by atoms with Crippen LogP contribution in [0.25, 0.3) is 11.2 Å². The Balaban J connectivity index is 2.04. The molecule has 0 amide bonds. The first-order valence-corrected chi connectivity index (χ1v) is 5.81.